The van der Waals surface area contributed by atoms with Crippen LogP contribution in [0.25, 0.3) is 21.8 Å². The lowest BCUT2D eigenvalue weighted by Crippen LogP contribution is -2.43. The second-order valence-corrected chi connectivity index (χ2v) is 7.71. The number of ether oxygens (including phenoxy) is 1. The molecule has 3 aliphatic rings. The van der Waals surface area contributed by atoms with Gasteiger partial charge in [-0.2, -0.15) is 0 Å². The Morgan fingerprint density at radius 3 is 2.57 bits per heavy atom. The van der Waals surface area contributed by atoms with Gasteiger partial charge in [0.1, 0.15) is 12.4 Å². The van der Waals surface area contributed by atoms with Crippen LogP contribution in [0.15, 0.2) is 54.1 Å². The van der Waals surface area contributed by atoms with E-state index in [-0.39, 0.29) is 15.0 Å². The maximum absolute atomic E-state index is 9.50. The molecule has 2 bridgehead atoms. The maximum Gasteiger partial charge on any atom is 0.121 e. The monoisotopic (exact) mass is 373 g/mol. The van der Waals surface area contributed by atoms with Crippen LogP contribution in [0.2, 0.25) is 0 Å². The Kier molecular flexibility index (Phi) is 5.47. The summed E-state index contributed by atoms with van der Waals surface area (Å²) >= 11 is 0. The standard InChI is InChI=1S/C23H26N2O2.B/c26-13-12-25-22-4-2-1-3-20(22)21-6-5-19(15-23(21)25)27-14-9-18-16-24-10-7-17(18)8-11-24;/h1-6,9,15,17,26H,7-8,10-14,16H2;. The molecule has 3 fully saturated rings. The fourth-order valence-corrected chi connectivity index (χ4v) is 4.79. The summed E-state index contributed by atoms with van der Waals surface area (Å²) in [5, 5.41) is 11.9. The van der Waals surface area contributed by atoms with E-state index in [0.29, 0.717) is 13.2 Å². The summed E-state index contributed by atoms with van der Waals surface area (Å²) in [6.45, 7) is 4.99. The molecular formula is C23H26BN2O2. The van der Waals surface area contributed by atoms with Gasteiger partial charge in [-0.15, -0.1) is 0 Å². The highest BCUT2D eigenvalue weighted by Crippen LogP contribution is 2.33. The van der Waals surface area contributed by atoms with Gasteiger partial charge in [-0.1, -0.05) is 23.8 Å². The minimum Gasteiger partial charge on any atom is -0.489 e. The number of nitrogens with zero attached hydrogens (tertiary/aromatic N) is 2. The molecule has 0 saturated carbocycles. The van der Waals surface area contributed by atoms with Crippen molar-refractivity contribution in [2.75, 3.05) is 32.8 Å². The predicted octanol–water partition coefficient (Wildman–Crippen LogP) is 3.44. The number of hydrogen-bond donors (Lipinski definition) is 1. The normalized spacial score (nSPS) is 22.7. The summed E-state index contributed by atoms with van der Waals surface area (Å²) < 4.78 is 8.27. The first-order valence-electron chi connectivity index (χ1n) is 9.99. The lowest BCUT2D eigenvalue weighted by atomic mass is 9.84. The van der Waals surface area contributed by atoms with Crippen molar-refractivity contribution in [2.45, 2.75) is 19.4 Å². The zero-order valence-corrected chi connectivity index (χ0v) is 16.2. The summed E-state index contributed by atoms with van der Waals surface area (Å²) in [7, 11) is 0. The largest absolute Gasteiger partial charge is 0.489 e. The van der Waals surface area contributed by atoms with Gasteiger partial charge >= 0.3 is 0 Å². The SMILES string of the molecule is OCCn1c2ccccc2c2ccc(OCC=C3CN4CCC3CC4)cc21.[B]. The third-order valence-corrected chi connectivity index (χ3v) is 6.18. The van der Waals surface area contributed by atoms with Crippen molar-refractivity contribution < 1.29 is 9.84 Å². The smallest absolute Gasteiger partial charge is 0.121 e. The molecule has 3 aromatic rings. The van der Waals surface area contributed by atoms with Crippen LogP contribution in [0.1, 0.15) is 12.8 Å². The van der Waals surface area contributed by atoms with Crippen LogP contribution in [0.4, 0.5) is 0 Å². The summed E-state index contributed by atoms with van der Waals surface area (Å²) in [5.74, 6) is 1.66. The number of aliphatic hydroxyl groups is 1. The zero-order valence-electron chi connectivity index (χ0n) is 16.2. The number of aromatic nitrogens is 1. The molecule has 0 unspecified atom stereocenters. The Labute approximate surface area is 168 Å². The molecule has 3 saturated heterocycles. The van der Waals surface area contributed by atoms with Gasteiger partial charge in [0, 0.05) is 43.9 Å². The average Bonchev–Trinajstić information content (AvgIpc) is 3.03. The van der Waals surface area contributed by atoms with Crippen molar-refractivity contribution in [3.05, 3.63) is 54.1 Å². The minimum atomic E-state index is 0. The van der Waals surface area contributed by atoms with Gasteiger partial charge in [-0.05, 0) is 56.1 Å². The molecule has 3 aliphatic heterocycles. The molecule has 2 aromatic carbocycles. The van der Waals surface area contributed by atoms with Crippen molar-refractivity contribution >= 4 is 30.2 Å². The molecule has 4 heterocycles. The third-order valence-electron chi connectivity index (χ3n) is 6.18. The number of hydrogen-bond acceptors (Lipinski definition) is 3. The zero-order chi connectivity index (χ0) is 18.2. The van der Waals surface area contributed by atoms with E-state index in [1.165, 1.54) is 36.7 Å². The Balaban J connectivity index is 0.00000192. The van der Waals surface area contributed by atoms with Gasteiger partial charge in [0.15, 0.2) is 0 Å². The lowest BCUT2D eigenvalue weighted by molar-refractivity contribution is 0.160. The van der Waals surface area contributed by atoms with E-state index < -0.39 is 0 Å². The molecule has 4 nitrogen and oxygen atoms in total. The molecule has 0 spiro atoms. The molecule has 143 valence electrons. The number of piperidine rings is 3. The number of para-hydroxylation sites is 1. The van der Waals surface area contributed by atoms with Crippen molar-refractivity contribution in [2.24, 2.45) is 5.92 Å². The van der Waals surface area contributed by atoms with Crippen LogP contribution in [0.5, 0.6) is 5.75 Å². The Morgan fingerprint density at radius 2 is 1.82 bits per heavy atom. The van der Waals surface area contributed by atoms with Gasteiger partial charge in [-0.3, -0.25) is 4.90 Å². The van der Waals surface area contributed by atoms with E-state index >= 15 is 0 Å². The van der Waals surface area contributed by atoms with E-state index in [1.54, 1.807) is 5.57 Å². The highest BCUT2D eigenvalue weighted by atomic mass is 16.5. The molecule has 6 rings (SSSR count). The molecule has 5 heteroatoms. The third kappa shape index (κ3) is 3.34. The molecule has 0 amide bonds. The first kappa shape index (κ1) is 19.1. The van der Waals surface area contributed by atoms with Crippen LogP contribution in [-0.4, -0.2) is 55.8 Å². The van der Waals surface area contributed by atoms with Crippen LogP contribution >= 0.6 is 0 Å². The highest BCUT2D eigenvalue weighted by molar-refractivity contribution is 6.08. The summed E-state index contributed by atoms with van der Waals surface area (Å²) in [6, 6.07) is 14.7. The maximum atomic E-state index is 9.50. The number of fused-ring (bicyclic) bond motifs is 6. The van der Waals surface area contributed by atoms with Gasteiger partial charge in [0.05, 0.1) is 12.1 Å². The van der Waals surface area contributed by atoms with Gasteiger partial charge < -0.3 is 14.4 Å². The van der Waals surface area contributed by atoms with Crippen LogP contribution in [0.3, 0.4) is 0 Å². The molecule has 3 radical (unpaired) electrons. The highest BCUT2D eigenvalue weighted by Gasteiger charge is 2.28. The topological polar surface area (TPSA) is 37.6 Å². The Bertz CT molecular complexity index is 1000. The predicted molar refractivity (Wildman–Crippen MR) is 115 cm³/mol. The summed E-state index contributed by atoms with van der Waals surface area (Å²) in [4.78, 5) is 2.55. The molecule has 1 N–H and O–H groups in total. The number of aliphatic hydroxyl groups excluding tert-OH is 1. The lowest BCUT2D eigenvalue weighted by Gasteiger charge is -2.41. The van der Waals surface area contributed by atoms with Crippen LogP contribution in [-0.2, 0) is 6.54 Å². The quantitative estimate of drug-likeness (QED) is 0.550. The molecule has 0 aliphatic carbocycles. The van der Waals surface area contributed by atoms with Gasteiger partial charge in [0.25, 0.3) is 0 Å². The second kappa shape index (κ2) is 8.02. The van der Waals surface area contributed by atoms with Crippen LogP contribution < -0.4 is 4.74 Å². The van der Waals surface area contributed by atoms with E-state index in [4.69, 9.17) is 4.74 Å². The Hall–Kier alpha value is -2.24. The number of rotatable bonds is 5. The van der Waals surface area contributed by atoms with E-state index in [2.05, 4.69) is 51.9 Å². The first-order chi connectivity index (χ1) is 13.3. The number of benzene rings is 2. The minimum absolute atomic E-state index is 0. The van der Waals surface area contributed by atoms with Crippen molar-refractivity contribution in [3.8, 4) is 5.75 Å². The second-order valence-electron chi connectivity index (χ2n) is 7.71. The molecule has 28 heavy (non-hydrogen) atoms. The van der Waals surface area contributed by atoms with Crippen molar-refractivity contribution in [1.82, 2.24) is 9.47 Å². The molecular weight excluding hydrogens is 347 g/mol. The van der Waals surface area contributed by atoms with Crippen LogP contribution in [0, 0.1) is 5.92 Å². The molecule has 0 atom stereocenters. The summed E-state index contributed by atoms with van der Waals surface area (Å²) in [6.07, 6.45) is 4.90. The average molecular weight is 373 g/mol. The van der Waals surface area contributed by atoms with E-state index in [9.17, 15) is 5.11 Å². The van der Waals surface area contributed by atoms with Gasteiger partial charge in [-0.25, -0.2) is 0 Å². The first-order valence-corrected chi connectivity index (χ1v) is 9.99. The molecule has 1 aromatic heterocycles. The van der Waals surface area contributed by atoms with Gasteiger partial charge in [0.2, 0.25) is 0 Å². The van der Waals surface area contributed by atoms with Crippen molar-refractivity contribution in [3.63, 3.8) is 0 Å². The van der Waals surface area contributed by atoms with E-state index in [1.807, 2.05) is 6.07 Å². The fraction of sp³-hybridized carbons (Fsp3) is 0.391. The summed E-state index contributed by atoms with van der Waals surface area (Å²) in [5.41, 5.74) is 3.84. The van der Waals surface area contributed by atoms with Crippen molar-refractivity contribution in [1.29, 1.82) is 0 Å². The van der Waals surface area contributed by atoms with E-state index in [0.717, 1.165) is 29.2 Å². The fourth-order valence-electron chi connectivity index (χ4n) is 4.79. The Morgan fingerprint density at radius 1 is 1.04 bits per heavy atom.